The topological polar surface area (TPSA) is 25.2 Å². The van der Waals surface area contributed by atoms with Crippen molar-refractivity contribution in [1.29, 1.82) is 0 Å². The molecule has 104 valence electrons. The molecule has 0 amide bonds. The summed E-state index contributed by atoms with van der Waals surface area (Å²) in [7, 11) is 1.71. The predicted molar refractivity (Wildman–Crippen MR) is 67.9 cm³/mol. The summed E-state index contributed by atoms with van der Waals surface area (Å²) in [6.45, 7) is 3.27. The minimum atomic E-state index is -4.37. The van der Waals surface area contributed by atoms with Crippen molar-refractivity contribution in [1.82, 2.24) is 4.57 Å². The van der Waals surface area contributed by atoms with Gasteiger partial charge in [0.2, 0.25) is 0 Å². The van der Waals surface area contributed by atoms with Crippen LogP contribution in [0.15, 0.2) is 24.3 Å². The molecule has 1 aromatic heterocycles. The number of aromatic nitrogens is 1. The number of benzene rings is 1. The van der Waals surface area contributed by atoms with Crippen molar-refractivity contribution in [3.8, 4) is 0 Å². The van der Waals surface area contributed by atoms with E-state index in [1.807, 2.05) is 0 Å². The van der Waals surface area contributed by atoms with Crippen LogP contribution in [-0.4, -0.2) is 15.3 Å². The van der Waals surface area contributed by atoms with Gasteiger partial charge in [-0.3, -0.25) is 0 Å². The molecule has 0 saturated heterocycles. The molecule has 0 atom stereocenters. The molecular formula is C14H16F3NO. The van der Waals surface area contributed by atoms with Gasteiger partial charge in [-0.25, -0.2) is 0 Å². The van der Waals surface area contributed by atoms with Crippen molar-refractivity contribution < 1.29 is 18.3 Å². The third kappa shape index (κ3) is 2.76. The number of halogens is 3. The molecule has 1 N–H and O–H groups in total. The molecule has 0 aliphatic carbocycles. The normalized spacial score (nSPS) is 13.2. The van der Waals surface area contributed by atoms with E-state index in [1.54, 1.807) is 31.5 Å². The summed E-state index contributed by atoms with van der Waals surface area (Å²) in [6.07, 6.45) is -4.07. The van der Waals surface area contributed by atoms with E-state index in [2.05, 4.69) is 0 Å². The maximum absolute atomic E-state index is 12.9. The second-order valence-corrected chi connectivity index (χ2v) is 5.42. The van der Waals surface area contributed by atoms with Gasteiger partial charge >= 0.3 is 6.18 Å². The molecule has 0 aliphatic heterocycles. The van der Waals surface area contributed by atoms with E-state index in [0.29, 0.717) is 17.6 Å². The Morgan fingerprint density at radius 1 is 1.21 bits per heavy atom. The lowest BCUT2D eigenvalue weighted by molar-refractivity contribution is -0.136. The molecule has 0 saturated carbocycles. The highest BCUT2D eigenvalue weighted by molar-refractivity contribution is 5.85. The van der Waals surface area contributed by atoms with Crippen LogP contribution in [-0.2, 0) is 19.6 Å². The number of fused-ring (bicyclic) bond motifs is 1. The molecule has 2 aromatic rings. The van der Waals surface area contributed by atoms with Gasteiger partial charge in [-0.2, -0.15) is 13.2 Å². The second kappa shape index (κ2) is 4.27. The number of aryl methyl sites for hydroxylation is 1. The zero-order valence-corrected chi connectivity index (χ0v) is 11.0. The summed E-state index contributed by atoms with van der Waals surface area (Å²) >= 11 is 0. The molecule has 0 aliphatic rings. The molecule has 1 aromatic carbocycles. The van der Waals surface area contributed by atoms with Gasteiger partial charge in [0, 0.05) is 30.1 Å². The lowest BCUT2D eigenvalue weighted by Crippen LogP contribution is -2.23. The van der Waals surface area contributed by atoms with E-state index in [4.69, 9.17) is 0 Å². The standard InChI is InChI=1S/C14H16F3NO/c1-13(2,19)8-9-7-10-11(14(15,16)17)5-4-6-12(10)18(9)3/h4-7,19H,8H2,1-3H3. The van der Waals surface area contributed by atoms with Gasteiger partial charge in [0.1, 0.15) is 0 Å². The van der Waals surface area contributed by atoms with Crippen LogP contribution < -0.4 is 0 Å². The minimum absolute atomic E-state index is 0.178. The first-order valence-corrected chi connectivity index (χ1v) is 5.96. The fourth-order valence-electron chi connectivity index (χ4n) is 2.28. The molecule has 1 heterocycles. The van der Waals surface area contributed by atoms with Crippen LogP contribution in [0, 0.1) is 0 Å². The van der Waals surface area contributed by atoms with E-state index in [9.17, 15) is 18.3 Å². The average Bonchev–Trinajstić information content (AvgIpc) is 2.52. The SMILES string of the molecule is Cn1c(CC(C)(C)O)cc2c(C(F)(F)F)cccc21. The van der Waals surface area contributed by atoms with E-state index in [0.717, 1.165) is 6.07 Å². The van der Waals surface area contributed by atoms with Crippen molar-refractivity contribution >= 4 is 10.9 Å². The highest BCUT2D eigenvalue weighted by Crippen LogP contribution is 2.36. The summed E-state index contributed by atoms with van der Waals surface area (Å²) in [4.78, 5) is 0. The fraction of sp³-hybridized carbons (Fsp3) is 0.429. The Labute approximate surface area is 109 Å². The van der Waals surface area contributed by atoms with Crippen molar-refractivity contribution in [2.75, 3.05) is 0 Å². The van der Waals surface area contributed by atoms with Crippen molar-refractivity contribution in [3.63, 3.8) is 0 Å². The van der Waals surface area contributed by atoms with E-state index in [1.165, 1.54) is 12.1 Å². The monoisotopic (exact) mass is 271 g/mol. The van der Waals surface area contributed by atoms with Crippen LogP contribution >= 0.6 is 0 Å². The van der Waals surface area contributed by atoms with Gasteiger partial charge in [-0.05, 0) is 32.0 Å². The number of rotatable bonds is 2. The minimum Gasteiger partial charge on any atom is -0.390 e. The lowest BCUT2D eigenvalue weighted by Gasteiger charge is -2.17. The molecule has 2 nitrogen and oxygen atoms in total. The Hall–Kier alpha value is -1.49. The van der Waals surface area contributed by atoms with Gasteiger partial charge < -0.3 is 9.67 Å². The maximum Gasteiger partial charge on any atom is 0.417 e. The molecule has 0 spiro atoms. The highest BCUT2D eigenvalue weighted by atomic mass is 19.4. The number of alkyl halides is 3. The molecule has 2 rings (SSSR count). The molecule has 0 radical (unpaired) electrons. The van der Waals surface area contributed by atoms with Crippen LogP contribution in [0.5, 0.6) is 0 Å². The molecule has 0 unspecified atom stereocenters. The van der Waals surface area contributed by atoms with Gasteiger partial charge in [0.05, 0.1) is 11.2 Å². The fourth-order valence-corrected chi connectivity index (χ4v) is 2.28. The predicted octanol–water partition coefficient (Wildman–Crippen LogP) is 3.51. The van der Waals surface area contributed by atoms with Crippen molar-refractivity contribution in [2.45, 2.75) is 32.0 Å². The maximum atomic E-state index is 12.9. The molecule has 19 heavy (non-hydrogen) atoms. The molecule has 5 heteroatoms. The Morgan fingerprint density at radius 2 is 1.84 bits per heavy atom. The molecule has 0 fully saturated rings. The number of hydrogen-bond donors (Lipinski definition) is 1. The summed E-state index contributed by atoms with van der Waals surface area (Å²) in [5.74, 6) is 0. The number of nitrogens with zero attached hydrogens (tertiary/aromatic N) is 1. The third-order valence-corrected chi connectivity index (χ3v) is 3.11. The van der Waals surface area contributed by atoms with Gasteiger partial charge in [0.25, 0.3) is 0 Å². The van der Waals surface area contributed by atoms with Crippen molar-refractivity contribution in [3.05, 3.63) is 35.5 Å². The van der Waals surface area contributed by atoms with Gasteiger partial charge in [-0.15, -0.1) is 0 Å². The van der Waals surface area contributed by atoms with E-state index < -0.39 is 17.3 Å². The average molecular weight is 271 g/mol. The van der Waals surface area contributed by atoms with E-state index in [-0.39, 0.29) is 5.39 Å². The first kappa shape index (κ1) is 13.9. The van der Waals surface area contributed by atoms with Gasteiger partial charge in [0.15, 0.2) is 0 Å². The first-order chi connectivity index (χ1) is 8.59. The second-order valence-electron chi connectivity index (χ2n) is 5.42. The van der Waals surface area contributed by atoms with E-state index >= 15 is 0 Å². The summed E-state index contributed by atoms with van der Waals surface area (Å²) in [6, 6.07) is 5.64. The number of hydrogen-bond acceptors (Lipinski definition) is 1. The smallest absolute Gasteiger partial charge is 0.390 e. The Balaban J connectivity index is 2.63. The van der Waals surface area contributed by atoms with Crippen molar-refractivity contribution in [2.24, 2.45) is 7.05 Å². The summed E-state index contributed by atoms with van der Waals surface area (Å²) in [5, 5.41) is 9.99. The Kier molecular flexibility index (Phi) is 3.13. The van der Waals surface area contributed by atoms with Gasteiger partial charge in [-0.1, -0.05) is 6.07 Å². The zero-order chi connectivity index (χ0) is 14.4. The van der Waals surface area contributed by atoms with Crippen LogP contribution in [0.1, 0.15) is 25.1 Å². The number of aliphatic hydroxyl groups is 1. The largest absolute Gasteiger partial charge is 0.417 e. The molecular weight excluding hydrogens is 255 g/mol. The van der Waals surface area contributed by atoms with Crippen LogP contribution in [0.25, 0.3) is 10.9 Å². The van der Waals surface area contributed by atoms with Crippen LogP contribution in [0.4, 0.5) is 13.2 Å². The molecule has 0 bridgehead atoms. The lowest BCUT2D eigenvalue weighted by atomic mass is 10.0. The summed E-state index contributed by atoms with van der Waals surface area (Å²) < 4.78 is 40.5. The highest BCUT2D eigenvalue weighted by Gasteiger charge is 2.33. The third-order valence-electron chi connectivity index (χ3n) is 3.11. The Bertz CT molecular complexity index is 605. The van der Waals surface area contributed by atoms with Crippen LogP contribution in [0.3, 0.4) is 0 Å². The zero-order valence-electron chi connectivity index (χ0n) is 11.0. The first-order valence-electron chi connectivity index (χ1n) is 5.96. The van der Waals surface area contributed by atoms with Crippen LogP contribution in [0.2, 0.25) is 0 Å². The summed E-state index contributed by atoms with van der Waals surface area (Å²) in [5.41, 5.74) is -0.392. The quantitative estimate of drug-likeness (QED) is 0.888. The Morgan fingerprint density at radius 3 is 2.37 bits per heavy atom.